The summed E-state index contributed by atoms with van der Waals surface area (Å²) in [4.78, 5) is 2.36. The van der Waals surface area contributed by atoms with E-state index in [2.05, 4.69) is 24.8 Å². The highest BCUT2D eigenvalue weighted by Crippen LogP contribution is 2.32. The summed E-state index contributed by atoms with van der Waals surface area (Å²) in [5.74, 6) is 1.63. The zero-order chi connectivity index (χ0) is 10.1. The van der Waals surface area contributed by atoms with E-state index in [-0.39, 0.29) is 0 Å². The van der Waals surface area contributed by atoms with Gasteiger partial charge in [-0.15, -0.1) is 0 Å². The van der Waals surface area contributed by atoms with Crippen molar-refractivity contribution in [3.05, 3.63) is 24.3 Å². The van der Waals surface area contributed by atoms with Crippen LogP contribution in [-0.2, 0) is 0 Å². The Morgan fingerprint density at radius 2 is 1.93 bits per heavy atom. The topological polar surface area (TPSA) is 29.3 Å². The van der Waals surface area contributed by atoms with Gasteiger partial charge in [-0.3, -0.25) is 0 Å². The van der Waals surface area contributed by atoms with E-state index in [1.165, 1.54) is 5.69 Å². The molecule has 1 aromatic rings. The number of anilines is 2. The minimum atomic E-state index is 0.788. The van der Waals surface area contributed by atoms with Gasteiger partial charge in [0.2, 0.25) is 0 Å². The molecule has 1 fully saturated rings. The molecule has 0 saturated carbocycles. The number of nitrogens with zero attached hydrogens (tertiary/aromatic N) is 1. The normalized spacial score (nSPS) is 17.2. The lowest BCUT2D eigenvalue weighted by Crippen LogP contribution is -2.49. The van der Waals surface area contributed by atoms with Crippen LogP contribution in [0.4, 0.5) is 11.4 Å². The van der Waals surface area contributed by atoms with Gasteiger partial charge in [-0.1, -0.05) is 26.0 Å². The van der Waals surface area contributed by atoms with Crippen LogP contribution in [0.2, 0.25) is 0 Å². The average Bonchev–Trinajstić information content (AvgIpc) is 2.05. The molecule has 0 bridgehead atoms. The summed E-state index contributed by atoms with van der Waals surface area (Å²) in [5.41, 5.74) is 8.01. The van der Waals surface area contributed by atoms with E-state index in [0.29, 0.717) is 0 Å². The first-order valence-corrected chi connectivity index (χ1v) is 5.28. The fourth-order valence-electron chi connectivity index (χ4n) is 1.91. The molecule has 0 spiro atoms. The van der Waals surface area contributed by atoms with Crippen molar-refractivity contribution in [2.75, 3.05) is 23.7 Å². The lowest BCUT2D eigenvalue weighted by atomic mass is 9.88. The Morgan fingerprint density at radius 3 is 2.50 bits per heavy atom. The number of rotatable bonds is 2. The van der Waals surface area contributed by atoms with E-state index in [1.807, 2.05) is 18.2 Å². The molecular weight excluding hydrogens is 172 g/mol. The van der Waals surface area contributed by atoms with Crippen LogP contribution in [0.1, 0.15) is 13.8 Å². The van der Waals surface area contributed by atoms with Gasteiger partial charge in [0, 0.05) is 13.1 Å². The van der Waals surface area contributed by atoms with E-state index in [9.17, 15) is 0 Å². The summed E-state index contributed by atoms with van der Waals surface area (Å²) in [6, 6.07) is 8.11. The third-order valence-electron chi connectivity index (χ3n) is 3.13. The molecule has 2 N–H and O–H groups in total. The molecule has 1 aliphatic rings. The lowest BCUT2D eigenvalue weighted by molar-refractivity contribution is 0.310. The summed E-state index contributed by atoms with van der Waals surface area (Å²) in [7, 11) is 0. The molecule has 76 valence electrons. The van der Waals surface area contributed by atoms with Crippen LogP contribution in [0.25, 0.3) is 0 Å². The van der Waals surface area contributed by atoms with Crippen molar-refractivity contribution < 1.29 is 0 Å². The second-order valence-corrected chi connectivity index (χ2v) is 4.47. The summed E-state index contributed by atoms with van der Waals surface area (Å²) < 4.78 is 0. The Labute approximate surface area is 85.7 Å². The molecule has 0 radical (unpaired) electrons. The molecular formula is C12H18N2. The van der Waals surface area contributed by atoms with Crippen LogP contribution in [0.3, 0.4) is 0 Å². The Morgan fingerprint density at radius 1 is 1.29 bits per heavy atom. The zero-order valence-electron chi connectivity index (χ0n) is 8.90. The van der Waals surface area contributed by atoms with Gasteiger partial charge in [-0.25, -0.2) is 0 Å². The van der Waals surface area contributed by atoms with Gasteiger partial charge >= 0.3 is 0 Å². The SMILES string of the molecule is CC(C)C1CN(c2ccccc2N)C1. The minimum absolute atomic E-state index is 0.788. The van der Waals surface area contributed by atoms with E-state index in [0.717, 1.165) is 30.6 Å². The fourth-order valence-corrected chi connectivity index (χ4v) is 1.91. The Kier molecular flexibility index (Phi) is 2.36. The molecule has 0 atom stereocenters. The predicted octanol–water partition coefficient (Wildman–Crippen LogP) is 2.36. The number of hydrogen-bond donors (Lipinski definition) is 1. The van der Waals surface area contributed by atoms with E-state index in [4.69, 9.17) is 5.73 Å². The highest BCUT2D eigenvalue weighted by molar-refractivity contribution is 5.68. The second-order valence-electron chi connectivity index (χ2n) is 4.47. The maximum atomic E-state index is 5.91. The van der Waals surface area contributed by atoms with Gasteiger partial charge in [0.1, 0.15) is 0 Å². The zero-order valence-corrected chi connectivity index (χ0v) is 8.90. The summed E-state index contributed by atoms with van der Waals surface area (Å²) >= 11 is 0. The second kappa shape index (κ2) is 3.52. The van der Waals surface area contributed by atoms with Crippen molar-refractivity contribution in [1.82, 2.24) is 0 Å². The van der Waals surface area contributed by atoms with Gasteiger partial charge in [0.25, 0.3) is 0 Å². The van der Waals surface area contributed by atoms with Crippen molar-refractivity contribution in [1.29, 1.82) is 0 Å². The molecule has 1 saturated heterocycles. The molecule has 0 aliphatic carbocycles. The van der Waals surface area contributed by atoms with Crippen molar-refractivity contribution in [2.24, 2.45) is 11.8 Å². The van der Waals surface area contributed by atoms with Crippen LogP contribution in [0, 0.1) is 11.8 Å². The summed E-state index contributed by atoms with van der Waals surface area (Å²) in [5, 5.41) is 0. The number of nitrogen functional groups attached to an aromatic ring is 1. The van der Waals surface area contributed by atoms with Crippen molar-refractivity contribution in [2.45, 2.75) is 13.8 Å². The molecule has 1 heterocycles. The molecule has 1 aliphatic heterocycles. The van der Waals surface area contributed by atoms with Gasteiger partial charge in [-0.05, 0) is 24.0 Å². The average molecular weight is 190 g/mol. The summed E-state index contributed by atoms with van der Waals surface area (Å²) in [6.45, 7) is 6.89. The van der Waals surface area contributed by atoms with Gasteiger partial charge in [-0.2, -0.15) is 0 Å². The lowest BCUT2D eigenvalue weighted by Gasteiger charge is -2.43. The molecule has 0 aromatic heterocycles. The Bertz CT molecular complexity index is 314. The van der Waals surface area contributed by atoms with Crippen LogP contribution >= 0.6 is 0 Å². The first-order valence-electron chi connectivity index (χ1n) is 5.28. The highest BCUT2D eigenvalue weighted by atomic mass is 15.2. The first-order chi connectivity index (χ1) is 6.68. The molecule has 0 amide bonds. The Hall–Kier alpha value is -1.18. The number of benzene rings is 1. The van der Waals surface area contributed by atoms with Crippen molar-refractivity contribution in [3.8, 4) is 0 Å². The maximum absolute atomic E-state index is 5.91. The van der Waals surface area contributed by atoms with Gasteiger partial charge in [0.15, 0.2) is 0 Å². The van der Waals surface area contributed by atoms with E-state index >= 15 is 0 Å². The first kappa shape index (κ1) is 9.38. The number of nitrogens with two attached hydrogens (primary N) is 1. The van der Waals surface area contributed by atoms with Crippen LogP contribution in [-0.4, -0.2) is 13.1 Å². The third-order valence-corrected chi connectivity index (χ3v) is 3.13. The van der Waals surface area contributed by atoms with Crippen LogP contribution in [0.15, 0.2) is 24.3 Å². The predicted molar refractivity (Wildman–Crippen MR) is 61.4 cm³/mol. The Balaban J connectivity index is 2.03. The number of hydrogen-bond acceptors (Lipinski definition) is 2. The van der Waals surface area contributed by atoms with Gasteiger partial charge < -0.3 is 10.6 Å². The van der Waals surface area contributed by atoms with Crippen molar-refractivity contribution >= 4 is 11.4 Å². The third kappa shape index (κ3) is 1.57. The largest absolute Gasteiger partial charge is 0.397 e. The van der Waals surface area contributed by atoms with E-state index in [1.54, 1.807) is 0 Å². The fraction of sp³-hybridized carbons (Fsp3) is 0.500. The van der Waals surface area contributed by atoms with Crippen LogP contribution in [0.5, 0.6) is 0 Å². The maximum Gasteiger partial charge on any atom is 0.0600 e. The number of para-hydroxylation sites is 2. The standard InChI is InChI=1S/C12H18N2/c1-9(2)10-7-14(8-10)12-6-4-3-5-11(12)13/h3-6,9-10H,7-8,13H2,1-2H3. The molecule has 14 heavy (non-hydrogen) atoms. The quantitative estimate of drug-likeness (QED) is 0.725. The van der Waals surface area contributed by atoms with E-state index < -0.39 is 0 Å². The minimum Gasteiger partial charge on any atom is -0.397 e. The monoisotopic (exact) mass is 190 g/mol. The summed E-state index contributed by atoms with van der Waals surface area (Å²) in [6.07, 6.45) is 0. The molecule has 1 aromatic carbocycles. The van der Waals surface area contributed by atoms with Crippen LogP contribution < -0.4 is 10.6 Å². The molecule has 2 rings (SSSR count). The smallest absolute Gasteiger partial charge is 0.0600 e. The van der Waals surface area contributed by atoms with Gasteiger partial charge in [0.05, 0.1) is 11.4 Å². The molecule has 2 nitrogen and oxygen atoms in total. The van der Waals surface area contributed by atoms with Crippen molar-refractivity contribution in [3.63, 3.8) is 0 Å². The molecule has 2 heteroatoms. The highest BCUT2D eigenvalue weighted by Gasteiger charge is 2.29. The molecule has 0 unspecified atom stereocenters.